The van der Waals surface area contributed by atoms with E-state index in [2.05, 4.69) is 14.7 Å². The van der Waals surface area contributed by atoms with E-state index in [1.807, 2.05) is 0 Å². The maximum absolute atomic E-state index is 12.6. The van der Waals surface area contributed by atoms with Gasteiger partial charge in [-0.25, -0.2) is 9.78 Å². The molecule has 1 aromatic carbocycles. The summed E-state index contributed by atoms with van der Waals surface area (Å²) in [6, 6.07) is 7.97. The van der Waals surface area contributed by atoms with Crippen molar-refractivity contribution in [2.75, 3.05) is 7.11 Å². The van der Waals surface area contributed by atoms with Crippen molar-refractivity contribution in [3.63, 3.8) is 0 Å². The number of ether oxygens (including phenoxy) is 4. The lowest BCUT2D eigenvalue weighted by atomic mass is 10.1. The third-order valence-electron chi connectivity index (χ3n) is 3.98. The van der Waals surface area contributed by atoms with Gasteiger partial charge >= 0.3 is 12.6 Å². The average molecular weight is 447 g/mol. The van der Waals surface area contributed by atoms with Crippen molar-refractivity contribution < 1.29 is 37.4 Å². The van der Waals surface area contributed by atoms with Crippen molar-refractivity contribution in [2.24, 2.45) is 0 Å². The second-order valence-corrected chi connectivity index (χ2v) is 5.99. The predicted molar refractivity (Wildman–Crippen MR) is 104 cm³/mol. The van der Waals surface area contributed by atoms with Gasteiger partial charge in [-0.2, -0.15) is 8.78 Å². The number of carbonyl (C=O) groups is 1. The number of pyridine rings is 2. The summed E-state index contributed by atoms with van der Waals surface area (Å²) in [5.41, 5.74) is -0.726. The van der Waals surface area contributed by atoms with Crippen LogP contribution in [-0.4, -0.2) is 34.6 Å². The van der Waals surface area contributed by atoms with Crippen LogP contribution in [0.5, 0.6) is 23.1 Å². The van der Waals surface area contributed by atoms with Crippen molar-refractivity contribution in [2.45, 2.75) is 13.2 Å². The molecule has 2 aromatic heterocycles. The van der Waals surface area contributed by atoms with Crippen LogP contribution in [0.25, 0.3) is 0 Å². The number of nitrogens with zero attached hydrogens (tertiary/aromatic N) is 3. The second-order valence-electron chi connectivity index (χ2n) is 5.99. The zero-order valence-electron chi connectivity index (χ0n) is 16.4. The summed E-state index contributed by atoms with van der Waals surface area (Å²) in [5, 5.41) is 11.4. The van der Waals surface area contributed by atoms with Crippen LogP contribution < -0.4 is 14.2 Å². The fraction of sp³-hybridized carbons (Fsp3) is 0.150. The third-order valence-corrected chi connectivity index (χ3v) is 3.98. The molecule has 0 bridgehead atoms. The van der Waals surface area contributed by atoms with E-state index < -0.39 is 35.5 Å². The van der Waals surface area contributed by atoms with Gasteiger partial charge < -0.3 is 18.9 Å². The van der Waals surface area contributed by atoms with Crippen LogP contribution in [0.1, 0.15) is 15.9 Å². The standard InChI is InChI=1S/C20H15F2N3O7/c1-29-16-8-12(15(25(27)28)9-17(16)32-20(21)22)11-30-19(26)14-5-3-7-24-18(14)31-13-4-2-6-23-10-13/h2-10,20H,11H2,1H3. The van der Waals surface area contributed by atoms with Crippen molar-refractivity contribution in [1.29, 1.82) is 0 Å². The van der Waals surface area contributed by atoms with E-state index in [0.29, 0.717) is 5.75 Å². The molecule has 0 atom stereocenters. The maximum atomic E-state index is 12.6. The molecule has 10 nitrogen and oxygen atoms in total. The lowest BCUT2D eigenvalue weighted by Crippen LogP contribution is -2.10. The molecule has 0 aliphatic carbocycles. The first-order chi connectivity index (χ1) is 15.4. The minimum absolute atomic E-state index is 0.0383. The number of rotatable bonds is 9. The smallest absolute Gasteiger partial charge is 0.387 e. The number of hydrogen-bond donors (Lipinski definition) is 0. The molecule has 166 valence electrons. The molecule has 3 aromatic rings. The SMILES string of the molecule is COc1cc(COC(=O)c2cccnc2Oc2cccnc2)c([N+](=O)[O-])cc1OC(F)F. The Labute approximate surface area is 179 Å². The Morgan fingerprint density at radius 3 is 2.62 bits per heavy atom. The summed E-state index contributed by atoms with van der Waals surface area (Å²) >= 11 is 0. The molecule has 2 heterocycles. The van der Waals surface area contributed by atoms with Gasteiger partial charge in [0.2, 0.25) is 5.88 Å². The molecule has 0 radical (unpaired) electrons. The Morgan fingerprint density at radius 2 is 1.97 bits per heavy atom. The fourth-order valence-electron chi connectivity index (χ4n) is 2.59. The number of methoxy groups -OCH3 is 1. The van der Waals surface area contributed by atoms with E-state index in [9.17, 15) is 23.7 Å². The van der Waals surface area contributed by atoms with Gasteiger partial charge in [0.25, 0.3) is 5.69 Å². The number of hydrogen-bond acceptors (Lipinski definition) is 9. The molecule has 0 fully saturated rings. The fourth-order valence-corrected chi connectivity index (χ4v) is 2.59. The van der Waals surface area contributed by atoms with Gasteiger partial charge in [0.15, 0.2) is 11.5 Å². The van der Waals surface area contributed by atoms with Crippen molar-refractivity contribution >= 4 is 11.7 Å². The average Bonchev–Trinajstić information content (AvgIpc) is 2.78. The van der Waals surface area contributed by atoms with Crippen LogP contribution in [0.2, 0.25) is 0 Å². The zero-order chi connectivity index (χ0) is 23.1. The minimum atomic E-state index is -3.21. The lowest BCUT2D eigenvalue weighted by Gasteiger charge is -2.13. The van der Waals surface area contributed by atoms with Crippen LogP contribution in [0.4, 0.5) is 14.5 Å². The van der Waals surface area contributed by atoms with Gasteiger partial charge in [-0.3, -0.25) is 15.1 Å². The molecule has 3 rings (SSSR count). The number of alkyl halides is 2. The van der Waals surface area contributed by atoms with Gasteiger partial charge in [0.1, 0.15) is 17.9 Å². The van der Waals surface area contributed by atoms with Crippen LogP contribution in [0.15, 0.2) is 55.0 Å². The number of nitro benzene ring substituents is 1. The summed E-state index contributed by atoms with van der Waals surface area (Å²) in [6.07, 6.45) is 4.36. The van der Waals surface area contributed by atoms with Crippen molar-refractivity contribution in [3.8, 4) is 23.1 Å². The lowest BCUT2D eigenvalue weighted by molar-refractivity contribution is -0.386. The summed E-state index contributed by atoms with van der Waals surface area (Å²) in [7, 11) is 1.17. The molecule has 0 aliphatic rings. The molecular formula is C20H15F2N3O7. The molecule has 0 spiro atoms. The van der Waals surface area contributed by atoms with Crippen LogP contribution in [0.3, 0.4) is 0 Å². The Hall–Kier alpha value is -4.35. The van der Waals surface area contributed by atoms with E-state index >= 15 is 0 Å². The number of esters is 1. The third kappa shape index (κ3) is 5.41. The number of carbonyl (C=O) groups excluding carboxylic acids is 1. The number of benzene rings is 1. The largest absolute Gasteiger partial charge is 0.493 e. The molecule has 0 unspecified atom stereocenters. The first-order valence-corrected chi connectivity index (χ1v) is 8.89. The molecule has 0 saturated carbocycles. The Bertz CT molecular complexity index is 1110. The van der Waals surface area contributed by atoms with Crippen molar-refractivity contribution in [3.05, 3.63) is 76.2 Å². The molecule has 0 saturated heterocycles. The Morgan fingerprint density at radius 1 is 1.19 bits per heavy atom. The zero-order valence-corrected chi connectivity index (χ0v) is 16.4. The molecular weight excluding hydrogens is 432 g/mol. The first kappa shape index (κ1) is 22.3. The molecule has 0 N–H and O–H groups in total. The summed E-state index contributed by atoms with van der Waals surface area (Å²) in [5.74, 6) is -1.32. The summed E-state index contributed by atoms with van der Waals surface area (Å²) in [6.45, 7) is -3.77. The number of nitro groups is 1. The predicted octanol–water partition coefficient (Wildman–Crippen LogP) is 4.14. The number of halogens is 2. The van der Waals surface area contributed by atoms with Gasteiger partial charge in [-0.1, -0.05) is 0 Å². The summed E-state index contributed by atoms with van der Waals surface area (Å²) < 4.78 is 45.0. The maximum Gasteiger partial charge on any atom is 0.387 e. The molecule has 32 heavy (non-hydrogen) atoms. The van der Waals surface area contributed by atoms with Gasteiger partial charge in [0.05, 0.1) is 29.9 Å². The highest BCUT2D eigenvalue weighted by Gasteiger charge is 2.24. The van der Waals surface area contributed by atoms with E-state index in [0.717, 1.165) is 12.1 Å². The first-order valence-electron chi connectivity index (χ1n) is 8.89. The highest BCUT2D eigenvalue weighted by Crippen LogP contribution is 2.36. The number of aromatic nitrogens is 2. The monoisotopic (exact) mass is 447 g/mol. The molecule has 12 heteroatoms. The molecule has 0 amide bonds. The topological polar surface area (TPSA) is 123 Å². The van der Waals surface area contributed by atoms with Gasteiger partial charge in [-0.15, -0.1) is 0 Å². The Kier molecular flexibility index (Phi) is 7.06. The highest BCUT2D eigenvalue weighted by molar-refractivity contribution is 5.91. The van der Waals surface area contributed by atoms with Gasteiger partial charge in [0, 0.05) is 12.4 Å². The minimum Gasteiger partial charge on any atom is -0.493 e. The van der Waals surface area contributed by atoms with E-state index in [1.54, 1.807) is 18.3 Å². The van der Waals surface area contributed by atoms with E-state index in [-0.39, 0.29) is 22.8 Å². The second kappa shape index (κ2) is 10.1. The summed E-state index contributed by atoms with van der Waals surface area (Å²) in [4.78, 5) is 31.0. The van der Waals surface area contributed by atoms with E-state index in [1.165, 1.54) is 31.6 Å². The van der Waals surface area contributed by atoms with Crippen LogP contribution in [0, 0.1) is 10.1 Å². The van der Waals surface area contributed by atoms with Crippen LogP contribution in [-0.2, 0) is 11.3 Å². The normalized spacial score (nSPS) is 10.5. The van der Waals surface area contributed by atoms with Gasteiger partial charge in [-0.05, 0) is 30.3 Å². The highest BCUT2D eigenvalue weighted by atomic mass is 19.3. The quantitative estimate of drug-likeness (QED) is 0.270. The van der Waals surface area contributed by atoms with Crippen LogP contribution >= 0.6 is 0 Å². The Balaban J connectivity index is 1.82. The van der Waals surface area contributed by atoms with E-state index in [4.69, 9.17) is 14.2 Å². The van der Waals surface area contributed by atoms with Crippen molar-refractivity contribution in [1.82, 2.24) is 9.97 Å². The molecule has 0 aliphatic heterocycles.